The Morgan fingerprint density at radius 3 is 2.19 bits per heavy atom. The largest absolute Gasteiger partial charge is 0.455 e. The Morgan fingerprint density at radius 1 is 0.852 bits per heavy atom. The lowest BCUT2D eigenvalue weighted by atomic mass is 9.93. The summed E-state index contributed by atoms with van der Waals surface area (Å²) in [6.07, 6.45) is 1.41. The highest BCUT2D eigenvalue weighted by molar-refractivity contribution is 5.92. The van der Waals surface area contributed by atoms with E-state index in [1.807, 2.05) is 66.7 Å². The highest BCUT2D eigenvalue weighted by atomic mass is 16.3. The molecule has 0 saturated carbocycles. The molecule has 0 bridgehead atoms. The number of allylic oxidation sites excluding steroid dienone is 1. The van der Waals surface area contributed by atoms with Crippen molar-refractivity contribution < 1.29 is 4.42 Å². The highest BCUT2D eigenvalue weighted by Crippen LogP contribution is 2.33. The van der Waals surface area contributed by atoms with Crippen LogP contribution in [0.2, 0.25) is 0 Å². The predicted molar refractivity (Wildman–Crippen MR) is 107 cm³/mol. The molecular weight excluding hydrogens is 334 g/mol. The molecular formula is C24H15NO2. The number of nitriles is 1. The van der Waals surface area contributed by atoms with Crippen molar-refractivity contribution in [2.24, 2.45) is 0 Å². The topological polar surface area (TPSA) is 54.0 Å². The summed E-state index contributed by atoms with van der Waals surface area (Å²) in [6, 6.07) is 28.1. The van der Waals surface area contributed by atoms with E-state index < -0.39 is 0 Å². The summed E-state index contributed by atoms with van der Waals surface area (Å²) in [7, 11) is 0. The molecule has 3 aromatic carbocycles. The maximum atomic E-state index is 13.4. The molecule has 128 valence electrons. The van der Waals surface area contributed by atoms with Crippen molar-refractivity contribution in [1.82, 2.24) is 0 Å². The first-order valence-electron chi connectivity index (χ1n) is 8.56. The smallest absolute Gasteiger partial charge is 0.201 e. The summed E-state index contributed by atoms with van der Waals surface area (Å²) >= 11 is 0. The maximum Gasteiger partial charge on any atom is 0.201 e. The minimum absolute atomic E-state index is 0.152. The first-order valence-corrected chi connectivity index (χ1v) is 8.56. The van der Waals surface area contributed by atoms with Gasteiger partial charge in [-0.1, -0.05) is 72.8 Å². The van der Waals surface area contributed by atoms with Gasteiger partial charge in [0, 0.05) is 17.2 Å². The zero-order valence-corrected chi connectivity index (χ0v) is 14.4. The normalized spacial score (nSPS) is 11.3. The zero-order chi connectivity index (χ0) is 18.6. The van der Waals surface area contributed by atoms with E-state index in [1.165, 1.54) is 6.08 Å². The van der Waals surface area contributed by atoms with Crippen molar-refractivity contribution >= 4 is 16.5 Å². The van der Waals surface area contributed by atoms with Gasteiger partial charge in [0.05, 0.1) is 17.0 Å². The molecule has 4 aromatic rings. The van der Waals surface area contributed by atoms with Gasteiger partial charge in [0.15, 0.2) is 0 Å². The van der Waals surface area contributed by atoms with Gasteiger partial charge in [0.2, 0.25) is 5.43 Å². The van der Waals surface area contributed by atoms with E-state index in [9.17, 15) is 10.1 Å². The fraction of sp³-hybridized carbons (Fsp3) is 0. The van der Waals surface area contributed by atoms with Gasteiger partial charge in [-0.2, -0.15) is 5.26 Å². The van der Waals surface area contributed by atoms with E-state index in [2.05, 4.69) is 6.07 Å². The SMILES string of the molecule is N#C/C=C(\c1ccccc1)c1c(-c2ccccc2)oc2ccccc2c1=O. The van der Waals surface area contributed by atoms with Crippen LogP contribution in [0.3, 0.4) is 0 Å². The van der Waals surface area contributed by atoms with E-state index in [0.29, 0.717) is 27.9 Å². The van der Waals surface area contributed by atoms with Gasteiger partial charge in [-0.3, -0.25) is 4.79 Å². The Balaban J connectivity index is 2.13. The third-order valence-electron chi connectivity index (χ3n) is 4.40. The van der Waals surface area contributed by atoms with Gasteiger partial charge >= 0.3 is 0 Å². The van der Waals surface area contributed by atoms with Crippen LogP contribution in [0.4, 0.5) is 0 Å². The second-order valence-electron chi connectivity index (χ2n) is 6.05. The summed E-state index contributed by atoms with van der Waals surface area (Å²) < 4.78 is 6.16. The number of fused-ring (bicyclic) bond motifs is 1. The molecule has 0 atom stereocenters. The number of hydrogen-bond acceptors (Lipinski definition) is 3. The van der Waals surface area contributed by atoms with E-state index in [-0.39, 0.29) is 5.43 Å². The Kier molecular flexibility index (Phi) is 4.38. The lowest BCUT2D eigenvalue weighted by Gasteiger charge is -2.13. The molecule has 0 radical (unpaired) electrons. The monoisotopic (exact) mass is 349 g/mol. The molecule has 4 rings (SSSR count). The molecule has 3 nitrogen and oxygen atoms in total. The maximum absolute atomic E-state index is 13.4. The minimum atomic E-state index is -0.152. The number of nitrogens with zero attached hydrogens (tertiary/aromatic N) is 1. The average Bonchev–Trinajstić information content (AvgIpc) is 2.74. The molecule has 1 heterocycles. The molecule has 0 fully saturated rings. The van der Waals surface area contributed by atoms with Crippen molar-refractivity contribution in [3.63, 3.8) is 0 Å². The van der Waals surface area contributed by atoms with Gasteiger partial charge in [0.1, 0.15) is 11.3 Å². The Hall–Kier alpha value is -3.90. The summed E-state index contributed by atoms with van der Waals surface area (Å²) in [4.78, 5) is 13.4. The fourth-order valence-corrected chi connectivity index (χ4v) is 3.16. The average molecular weight is 349 g/mol. The van der Waals surface area contributed by atoms with Crippen molar-refractivity contribution in [3.8, 4) is 17.4 Å². The van der Waals surface area contributed by atoms with Crippen LogP contribution in [0, 0.1) is 11.3 Å². The van der Waals surface area contributed by atoms with Crippen LogP contribution in [0.25, 0.3) is 27.9 Å². The van der Waals surface area contributed by atoms with Crippen LogP contribution in [-0.4, -0.2) is 0 Å². The molecule has 27 heavy (non-hydrogen) atoms. The van der Waals surface area contributed by atoms with Crippen LogP contribution in [0.1, 0.15) is 11.1 Å². The van der Waals surface area contributed by atoms with Crippen molar-refractivity contribution in [2.75, 3.05) is 0 Å². The van der Waals surface area contributed by atoms with E-state index in [0.717, 1.165) is 11.1 Å². The summed E-state index contributed by atoms with van der Waals surface area (Å²) in [6.45, 7) is 0. The predicted octanol–water partition coefficient (Wildman–Crippen LogP) is 5.42. The van der Waals surface area contributed by atoms with Crippen LogP contribution in [0.5, 0.6) is 0 Å². The Labute approximate surface area is 156 Å². The lowest BCUT2D eigenvalue weighted by molar-refractivity contribution is 0.617. The van der Waals surface area contributed by atoms with Crippen molar-refractivity contribution in [2.45, 2.75) is 0 Å². The Bertz CT molecular complexity index is 1230. The van der Waals surface area contributed by atoms with Crippen molar-refractivity contribution in [1.29, 1.82) is 5.26 Å². The third kappa shape index (κ3) is 3.05. The molecule has 0 spiro atoms. The van der Waals surface area contributed by atoms with Gasteiger partial charge in [-0.05, 0) is 17.7 Å². The van der Waals surface area contributed by atoms with Gasteiger partial charge in [0.25, 0.3) is 0 Å². The first-order chi connectivity index (χ1) is 13.3. The molecule has 0 unspecified atom stereocenters. The van der Waals surface area contributed by atoms with Gasteiger partial charge in [-0.25, -0.2) is 0 Å². The quantitative estimate of drug-likeness (QED) is 0.464. The van der Waals surface area contributed by atoms with E-state index in [4.69, 9.17) is 4.42 Å². The van der Waals surface area contributed by atoms with Gasteiger partial charge < -0.3 is 4.42 Å². The standard InChI is InChI=1S/C24H15NO2/c25-16-15-19(17-9-3-1-4-10-17)22-23(26)20-13-7-8-14-21(20)27-24(22)18-11-5-2-6-12-18/h1-15H/b19-15+. The van der Waals surface area contributed by atoms with Crippen LogP contribution in [-0.2, 0) is 0 Å². The fourth-order valence-electron chi connectivity index (χ4n) is 3.16. The third-order valence-corrected chi connectivity index (χ3v) is 4.40. The molecule has 0 aliphatic rings. The summed E-state index contributed by atoms with van der Waals surface area (Å²) in [5.74, 6) is 0.463. The molecule has 0 saturated heterocycles. The molecule has 1 aromatic heterocycles. The Morgan fingerprint density at radius 2 is 1.48 bits per heavy atom. The molecule has 0 aliphatic heterocycles. The molecule has 3 heteroatoms. The molecule has 0 aliphatic carbocycles. The van der Waals surface area contributed by atoms with Crippen molar-refractivity contribution in [3.05, 3.63) is 112 Å². The molecule has 0 amide bonds. The molecule has 0 N–H and O–H groups in total. The van der Waals surface area contributed by atoms with Crippen LogP contribution in [0.15, 0.2) is 100 Å². The second kappa shape index (κ2) is 7.15. The summed E-state index contributed by atoms with van der Waals surface area (Å²) in [5.41, 5.74) is 2.90. The number of hydrogen-bond donors (Lipinski definition) is 0. The first kappa shape index (κ1) is 16.6. The lowest BCUT2D eigenvalue weighted by Crippen LogP contribution is -2.11. The highest BCUT2D eigenvalue weighted by Gasteiger charge is 2.20. The van der Waals surface area contributed by atoms with E-state index in [1.54, 1.807) is 18.2 Å². The summed E-state index contributed by atoms with van der Waals surface area (Å²) in [5, 5.41) is 9.86. The van der Waals surface area contributed by atoms with Crippen LogP contribution >= 0.6 is 0 Å². The number of para-hydroxylation sites is 1. The van der Waals surface area contributed by atoms with Crippen LogP contribution < -0.4 is 5.43 Å². The number of rotatable bonds is 3. The zero-order valence-electron chi connectivity index (χ0n) is 14.4. The minimum Gasteiger partial charge on any atom is -0.455 e. The number of benzene rings is 3. The van der Waals surface area contributed by atoms with E-state index >= 15 is 0 Å². The second-order valence-corrected chi connectivity index (χ2v) is 6.05. The van der Waals surface area contributed by atoms with Gasteiger partial charge in [-0.15, -0.1) is 0 Å².